The summed E-state index contributed by atoms with van der Waals surface area (Å²) in [5.41, 5.74) is 22.2. The SMILES string of the molecule is COC(=O)CCC1=C(C)c2nc1cc1nc(c(-c3cccc(C#CC#C[Si](C)(C)C)c3)c3[n-]c(cc4[n-]c(c(C)c4CCC(=O)OC)c2-c2cccc(C#CC#C[Si](C)(C)C)c2)c(CCC(=O)OC)c3C)C(C)=C1CCC(=O)OC.[Zn+2]. The van der Waals surface area contributed by atoms with E-state index >= 15 is 0 Å². The molecule has 0 radical (unpaired) electrons. The molecule has 0 saturated carbocycles. The molecule has 5 aromatic rings. The second kappa shape index (κ2) is 27.1. The first-order chi connectivity index (χ1) is 38.0. The Labute approximate surface area is 491 Å². The molecule has 0 N–H and O–H groups in total. The van der Waals surface area contributed by atoms with Gasteiger partial charge in [-0.05, 0) is 152 Å². The van der Waals surface area contributed by atoms with Gasteiger partial charge in [0.25, 0.3) is 0 Å². The molecule has 3 aromatic heterocycles. The van der Waals surface area contributed by atoms with Gasteiger partial charge in [-0.3, -0.25) is 19.2 Å². The molecular formula is C66H68N4O8Si2Zn. The largest absolute Gasteiger partial charge is 2.00 e. The minimum absolute atomic E-state index is 0. The fraction of sp³-hybridized carbons (Fsp3) is 0.333. The molecule has 0 amide bonds. The number of carbonyl (C=O) groups is 4. The molecule has 0 fully saturated rings. The van der Waals surface area contributed by atoms with Crippen molar-refractivity contribution >= 4 is 84.4 Å². The number of ether oxygens (including phenoxy) is 4. The minimum Gasteiger partial charge on any atom is -0.657 e. The first-order valence-electron chi connectivity index (χ1n) is 26.7. The van der Waals surface area contributed by atoms with Crippen LogP contribution >= 0.6 is 0 Å². The summed E-state index contributed by atoms with van der Waals surface area (Å²) < 4.78 is 20.7. The van der Waals surface area contributed by atoms with Crippen molar-refractivity contribution in [1.29, 1.82) is 0 Å². The molecule has 0 atom stereocenters. The van der Waals surface area contributed by atoms with E-state index in [1.807, 2.05) is 88.4 Å². The van der Waals surface area contributed by atoms with Crippen LogP contribution in [0.2, 0.25) is 39.3 Å². The second-order valence-corrected chi connectivity index (χ2v) is 31.3. The van der Waals surface area contributed by atoms with Crippen LogP contribution in [0.4, 0.5) is 0 Å². The van der Waals surface area contributed by atoms with E-state index in [4.69, 9.17) is 38.9 Å². The van der Waals surface area contributed by atoms with Crippen LogP contribution in [-0.2, 0) is 70.4 Å². The zero-order chi connectivity index (χ0) is 58.1. The van der Waals surface area contributed by atoms with Crippen molar-refractivity contribution in [3.63, 3.8) is 0 Å². The van der Waals surface area contributed by atoms with Crippen molar-refractivity contribution in [1.82, 2.24) is 19.9 Å². The van der Waals surface area contributed by atoms with E-state index in [0.29, 0.717) is 56.0 Å². The Hall–Kier alpha value is -7.78. The van der Waals surface area contributed by atoms with Crippen LogP contribution in [0.1, 0.15) is 109 Å². The van der Waals surface area contributed by atoms with Gasteiger partial charge in [-0.2, -0.15) is 0 Å². The summed E-state index contributed by atoms with van der Waals surface area (Å²) in [4.78, 5) is 74.2. The zero-order valence-electron chi connectivity index (χ0n) is 49.2. The average molecular weight is 1170 g/mol. The van der Waals surface area contributed by atoms with Crippen LogP contribution in [0.3, 0.4) is 0 Å². The third kappa shape index (κ3) is 15.4. The molecule has 81 heavy (non-hydrogen) atoms. The molecule has 2 aliphatic heterocycles. The van der Waals surface area contributed by atoms with Crippen molar-refractivity contribution in [2.24, 2.45) is 0 Å². The number of fused-ring (bicyclic) bond motifs is 8. The number of carbonyl (C=O) groups excluding carboxylic acids is 4. The predicted octanol–water partition coefficient (Wildman–Crippen LogP) is 12.0. The molecule has 2 aliphatic rings. The fourth-order valence-corrected chi connectivity index (χ4v) is 10.5. The molecule has 2 aromatic carbocycles. The Bertz CT molecular complexity index is 3610. The van der Waals surface area contributed by atoms with Crippen LogP contribution in [0.25, 0.3) is 66.6 Å². The van der Waals surface area contributed by atoms with Gasteiger partial charge in [-0.15, -0.1) is 33.2 Å². The van der Waals surface area contributed by atoms with Crippen LogP contribution in [0, 0.1) is 60.5 Å². The Morgan fingerprint density at radius 1 is 0.494 bits per heavy atom. The van der Waals surface area contributed by atoms with Crippen LogP contribution in [-0.4, -0.2) is 78.4 Å². The van der Waals surface area contributed by atoms with Crippen molar-refractivity contribution < 1.29 is 57.6 Å². The molecule has 410 valence electrons. The monoisotopic (exact) mass is 1160 g/mol. The number of nitrogens with zero attached hydrogens (tertiary/aromatic N) is 4. The number of hydrogen-bond donors (Lipinski definition) is 0. The Morgan fingerprint density at radius 3 is 1.20 bits per heavy atom. The smallest absolute Gasteiger partial charge is 0.657 e. The normalized spacial score (nSPS) is 11.8. The van der Waals surface area contributed by atoms with Gasteiger partial charge < -0.3 is 28.9 Å². The van der Waals surface area contributed by atoms with Gasteiger partial charge >= 0.3 is 43.4 Å². The number of methoxy groups -OCH3 is 4. The van der Waals surface area contributed by atoms with E-state index in [1.54, 1.807) is 0 Å². The summed E-state index contributed by atoms with van der Waals surface area (Å²) in [7, 11) is 2.11. The number of allylic oxidation sites excluding steroid dienone is 4. The van der Waals surface area contributed by atoms with Crippen molar-refractivity contribution in [3.8, 4) is 68.9 Å². The number of hydrogen-bond acceptors (Lipinski definition) is 10. The van der Waals surface area contributed by atoms with Gasteiger partial charge in [0.15, 0.2) is 0 Å². The Balaban J connectivity index is 0.0000106. The molecule has 0 spiro atoms. The third-order valence-electron chi connectivity index (χ3n) is 13.8. The van der Waals surface area contributed by atoms with E-state index < -0.39 is 16.1 Å². The van der Waals surface area contributed by atoms with Gasteiger partial charge in [0.05, 0.1) is 51.2 Å². The molecule has 0 saturated heterocycles. The number of aromatic nitrogens is 4. The van der Waals surface area contributed by atoms with E-state index in [1.165, 1.54) is 28.4 Å². The van der Waals surface area contributed by atoms with Crippen LogP contribution in [0.5, 0.6) is 0 Å². The first-order valence-corrected chi connectivity index (χ1v) is 33.7. The molecule has 12 nitrogen and oxygen atoms in total. The van der Waals surface area contributed by atoms with Crippen molar-refractivity contribution in [2.75, 3.05) is 28.4 Å². The molecule has 15 heteroatoms. The quantitative estimate of drug-likeness (QED) is 0.0449. The second-order valence-electron chi connectivity index (χ2n) is 21.8. The van der Waals surface area contributed by atoms with Crippen molar-refractivity contribution in [2.45, 2.75) is 118 Å². The summed E-state index contributed by atoms with van der Waals surface area (Å²) in [6.45, 7) is 21.0. The maximum absolute atomic E-state index is 13.0. The summed E-state index contributed by atoms with van der Waals surface area (Å²) in [5, 5.41) is 0. The Kier molecular flexibility index (Phi) is 20.9. The molecular weight excluding hydrogens is 1100 g/mol. The van der Waals surface area contributed by atoms with E-state index in [2.05, 4.69) is 85.9 Å². The van der Waals surface area contributed by atoms with Gasteiger partial charge in [0.2, 0.25) is 0 Å². The topological polar surface area (TPSA) is 159 Å². The number of esters is 4. The number of rotatable bonds is 14. The van der Waals surface area contributed by atoms with Crippen molar-refractivity contribution in [3.05, 3.63) is 117 Å². The molecule has 0 aliphatic carbocycles. The maximum atomic E-state index is 13.0. The van der Waals surface area contributed by atoms with Gasteiger partial charge in [-0.25, -0.2) is 9.97 Å². The first kappa shape index (κ1) is 62.4. The number of benzene rings is 2. The molecule has 8 bridgehead atoms. The summed E-state index contributed by atoms with van der Waals surface area (Å²) in [6.07, 6.45) is 1.43. The molecule has 5 heterocycles. The van der Waals surface area contributed by atoms with Gasteiger partial charge in [0, 0.05) is 36.8 Å². The molecule has 0 unspecified atom stereocenters. The average Bonchev–Trinajstić information content (AvgIpc) is 4.19. The number of aryl methyl sites for hydroxylation is 4. The van der Waals surface area contributed by atoms with Crippen LogP contribution in [0.15, 0.2) is 60.7 Å². The molecule has 7 rings (SSSR count). The van der Waals surface area contributed by atoms with E-state index in [-0.39, 0.29) is 94.7 Å². The fourth-order valence-electron chi connectivity index (χ4n) is 9.64. The minimum atomic E-state index is -1.69. The maximum Gasteiger partial charge on any atom is 2.00 e. The predicted molar refractivity (Wildman–Crippen MR) is 323 cm³/mol. The van der Waals surface area contributed by atoms with Gasteiger partial charge in [-0.1, -0.05) is 104 Å². The van der Waals surface area contributed by atoms with E-state index in [0.717, 1.165) is 66.8 Å². The van der Waals surface area contributed by atoms with Gasteiger partial charge in [0.1, 0.15) is 16.1 Å². The zero-order valence-corrected chi connectivity index (χ0v) is 54.2. The van der Waals surface area contributed by atoms with E-state index in [9.17, 15) is 19.2 Å². The standard InChI is InChI=1S/C66H68N4O8Si2.Zn/c1-41-49(27-31-57(71)75-5)53-39-54-51(29-33-59(73)77-7)43(3)65(69-54)62(48-26-20-24-46(38-48)22-16-18-36-80(12,13)14)66-44(4)52(30-34-60(74)78-8)56(70-66)40-55-50(28-32-58(72)76-6)42(2)64(68-55)61(63(41)67-53)47-25-19-23-45(37-47)21-15-17-35-79(9,10)11;/h19-20,23-26,37-40H,27-34H2,1-14H3;/q-2;+2. The Morgan fingerprint density at radius 2 is 0.852 bits per heavy atom. The summed E-state index contributed by atoms with van der Waals surface area (Å²) >= 11 is 0. The summed E-state index contributed by atoms with van der Waals surface area (Å²) in [6, 6.07) is 19.7. The van der Waals surface area contributed by atoms with Crippen LogP contribution < -0.4 is 9.97 Å². The third-order valence-corrected chi connectivity index (χ3v) is 15.6. The summed E-state index contributed by atoms with van der Waals surface area (Å²) in [5.74, 6) is 17.3.